The zero-order chi connectivity index (χ0) is 20.7. The van der Waals surface area contributed by atoms with Gasteiger partial charge in [-0.15, -0.1) is 10.2 Å². The van der Waals surface area contributed by atoms with Gasteiger partial charge in [-0.25, -0.2) is 8.61 Å². The van der Waals surface area contributed by atoms with Crippen molar-refractivity contribution >= 4 is 56.0 Å². The van der Waals surface area contributed by atoms with Crippen molar-refractivity contribution in [3.8, 4) is 0 Å². The van der Waals surface area contributed by atoms with Gasteiger partial charge in [-0.3, -0.25) is 15.0 Å². The molecule has 0 radical (unpaired) electrons. The molecular weight excluding hydrogens is 432 g/mol. The quantitative estimate of drug-likeness (QED) is 0.369. The van der Waals surface area contributed by atoms with E-state index in [4.69, 9.17) is 9.47 Å². The third-order valence-corrected chi connectivity index (χ3v) is 7.00. The Morgan fingerprint density at radius 1 is 1.11 bits per heavy atom. The lowest BCUT2D eigenvalue weighted by Gasteiger charge is -2.34. The Kier molecular flexibility index (Phi) is 8.11. The van der Waals surface area contributed by atoms with Crippen LogP contribution in [0.25, 0.3) is 0 Å². The van der Waals surface area contributed by atoms with Crippen LogP contribution >= 0.6 is 23.1 Å². The lowest BCUT2D eigenvalue weighted by atomic mass is 10.3. The van der Waals surface area contributed by atoms with Crippen molar-refractivity contribution in [3.63, 3.8) is 0 Å². The van der Waals surface area contributed by atoms with E-state index in [1.165, 1.54) is 37.3 Å². The van der Waals surface area contributed by atoms with Gasteiger partial charge in [0.15, 0.2) is 4.34 Å². The van der Waals surface area contributed by atoms with Crippen molar-refractivity contribution < 1.29 is 27.5 Å². The number of nitrogens with zero attached hydrogens (tertiary/aromatic N) is 5. The first-order valence-corrected chi connectivity index (χ1v) is 11.2. The van der Waals surface area contributed by atoms with Crippen molar-refractivity contribution in [1.29, 1.82) is 0 Å². The Morgan fingerprint density at radius 2 is 1.68 bits per heavy atom. The topological polar surface area (TPSA) is 143 Å². The SMILES string of the molecule is CCSc1nnc(NN=C2C(=O)N(CCOC)S(=O)(=O)N(CCOC)C2=O)s1. The summed E-state index contributed by atoms with van der Waals surface area (Å²) in [4.78, 5) is 25.2. The van der Waals surface area contributed by atoms with Gasteiger partial charge in [-0.05, 0) is 5.75 Å². The molecule has 28 heavy (non-hydrogen) atoms. The highest BCUT2D eigenvalue weighted by Gasteiger charge is 2.47. The molecule has 1 aliphatic heterocycles. The van der Waals surface area contributed by atoms with Crippen LogP contribution < -0.4 is 5.43 Å². The monoisotopic (exact) mass is 452 g/mol. The van der Waals surface area contributed by atoms with Gasteiger partial charge in [0.05, 0.1) is 26.3 Å². The van der Waals surface area contributed by atoms with Gasteiger partial charge in [0.25, 0.3) is 11.8 Å². The number of ether oxygens (including phenoxy) is 2. The molecule has 1 aliphatic rings. The minimum absolute atomic E-state index is 0.0357. The first-order chi connectivity index (χ1) is 13.4. The van der Waals surface area contributed by atoms with Crippen LogP contribution in [-0.2, 0) is 29.3 Å². The molecule has 2 rings (SSSR count). The number of thioether (sulfide) groups is 1. The van der Waals surface area contributed by atoms with Crippen LogP contribution in [0, 0.1) is 0 Å². The van der Waals surface area contributed by atoms with E-state index in [-0.39, 0.29) is 31.4 Å². The molecule has 12 nitrogen and oxygen atoms in total. The molecular formula is C13H20N6O6S3. The summed E-state index contributed by atoms with van der Waals surface area (Å²) in [6, 6.07) is 0. The van der Waals surface area contributed by atoms with Gasteiger partial charge in [-0.2, -0.15) is 13.5 Å². The fraction of sp³-hybridized carbons (Fsp3) is 0.615. The van der Waals surface area contributed by atoms with Crippen molar-refractivity contribution in [1.82, 2.24) is 18.8 Å². The molecule has 1 saturated heterocycles. The fourth-order valence-electron chi connectivity index (χ4n) is 2.07. The molecule has 1 aromatic rings. The molecule has 0 spiro atoms. The standard InChI is InChI=1S/C13H20N6O6S3/c1-4-26-13-17-16-12(27-13)15-14-9-10(20)18(5-7-24-2)28(22,23)19(11(9)21)6-8-25-3/h4-8H2,1-3H3,(H,15,16). The van der Waals surface area contributed by atoms with Crippen molar-refractivity contribution in [2.75, 3.05) is 51.7 Å². The van der Waals surface area contributed by atoms with E-state index in [2.05, 4.69) is 20.7 Å². The number of nitrogens with one attached hydrogen (secondary N) is 1. The van der Waals surface area contributed by atoms with E-state index < -0.39 is 27.7 Å². The average molecular weight is 453 g/mol. The summed E-state index contributed by atoms with van der Waals surface area (Å²) in [5.74, 6) is -1.28. The summed E-state index contributed by atoms with van der Waals surface area (Å²) < 4.78 is 36.8. The van der Waals surface area contributed by atoms with E-state index in [1.807, 2.05) is 6.92 Å². The molecule has 0 aromatic carbocycles. The molecule has 0 atom stereocenters. The molecule has 0 aliphatic carbocycles. The number of hydrogen-bond acceptors (Lipinski definition) is 12. The number of amides is 2. The fourth-order valence-corrected chi connectivity index (χ4v) is 5.11. The number of carbonyl (C=O) groups excluding carboxylic acids is 2. The van der Waals surface area contributed by atoms with Crippen LogP contribution in [0.2, 0.25) is 0 Å². The first-order valence-electron chi connectivity index (χ1n) is 8.03. The number of hydrazone groups is 1. The number of aromatic nitrogens is 2. The predicted molar refractivity (Wildman–Crippen MR) is 103 cm³/mol. The second-order valence-electron chi connectivity index (χ2n) is 5.13. The molecule has 1 aromatic heterocycles. The number of hydrogen-bond donors (Lipinski definition) is 1. The van der Waals surface area contributed by atoms with E-state index in [0.717, 1.165) is 5.75 Å². The smallest absolute Gasteiger partial charge is 0.331 e. The van der Waals surface area contributed by atoms with Gasteiger partial charge in [0.1, 0.15) is 0 Å². The molecule has 1 fully saturated rings. The molecule has 0 unspecified atom stereocenters. The number of carbonyl (C=O) groups is 2. The van der Waals surface area contributed by atoms with E-state index >= 15 is 0 Å². The van der Waals surface area contributed by atoms with E-state index in [0.29, 0.717) is 13.0 Å². The molecule has 0 saturated carbocycles. The Morgan fingerprint density at radius 3 is 2.18 bits per heavy atom. The van der Waals surface area contributed by atoms with Crippen molar-refractivity contribution in [3.05, 3.63) is 0 Å². The second kappa shape index (κ2) is 10.1. The Bertz CT molecular complexity index is 806. The minimum Gasteiger partial charge on any atom is -0.383 e. The Hall–Kier alpha value is -1.81. The van der Waals surface area contributed by atoms with E-state index in [1.54, 1.807) is 0 Å². The van der Waals surface area contributed by atoms with Gasteiger partial charge in [0, 0.05) is 14.2 Å². The van der Waals surface area contributed by atoms with Crippen LogP contribution in [-0.4, -0.2) is 91.0 Å². The molecule has 1 N–H and O–H groups in total. The van der Waals surface area contributed by atoms with Crippen LogP contribution in [0.1, 0.15) is 6.92 Å². The maximum absolute atomic E-state index is 12.6. The highest BCUT2D eigenvalue weighted by molar-refractivity contribution is 8.01. The van der Waals surface area contributed by atoms with Gasteiger partial charge >= 0.3 is 10.2 Å². The summed E-state index contributed by atoms with van der Waals surface area (Å²) in [6.45, 7) is 1.37. The maximum atomic E-state index is 12.6. The highest BCUT2D eigenvalue weighted by atomic mass is 32.2. The van der Waals surface area contributed by atoms with Crippen LogP contribution in [0.15, 0.2) is 9.44 Å². The molecule has 15 heteroatoms. The number of anilines is 1. The summed E-state index contributed by atoms with van der Waals surface area (Å²) in [5, 5.41) is 11.9. The summed E-state index contributed by atoms with van der Waals surface area (Å²) >= 11 is 2.67. The van der Waals surface area contributed by atoms with E-state index in [9.17, 15) is 18.0 Å². The lowest BCUT2D eigenvalue weighted by Crippen LogP contribution is -2.61. The first kappa shape index (κ1) is 22.5. The highest BCUT2D eigenvalue weighted by Crippen LogP contribution is 2.25. The average Bonchev–Trinajstić information content (AvgIpc) is 3.09. The van der Waals surface area contributed by atoms with Crippen LogP contribution in [0.3, 0.4) is 0 Å². The number of methoxy groups -OCH3 is 2. The van der Waals surface area contributed by atoms with Gasteiger partial charge in [0.2, 0.25) is 10.8 Å². The molecule has 156 valence electrons. The maximum Gasteiger partial charge on any atom is 0.331 e. The summed E-state index contributed by atoms with van der Waals surface area (Å²) in [5.41, 5.74) is 1.92. The Labute approximate surface area is 170 Å². The molecule has 2 amide bonds. The molecule has 0 bridgehead atoms. The van der Waals surface area contributed by atoms with Crippen LogP contribution in [0.4, 0.5) is 5.13 Å². The predicted octanol–water partition coefficient (Wildman–Crippen LogP) is -0.374. The van der Waals surface area contributed by atoms with Gasteiger partial charge < -0.3 is 9.47 Å². The normalized spacial score (nSPS) is 16.6. The summed E-state index contributed by atoms with van der Waals surface area (Å²) in [6.07, 6.45) is 0. The zero-order valence-corrected chi connectivity index (χ0v) is 17.9. The minimum atomic E-state index is -4.36. The zero-order valence-electron chi connectivity index (χ0n) is 15.4. The second-order valence-corrected chi connectivity index (χ2v) is 9.39. The lowest BCUT2D eigenvalue weighted by molar-refractivity contribution is -0.127. The third-order valence-electron chi connectivity index (χ3n) is 3.35. The number of rotatable bonds is 10. The third kappa shape index (κ3) is 4.96. The molecule has 2 heterocycles. The van der Waals surface area contributed by atoms with Gasteiger partial charge in [-0.1, -0.05) is 30.0 Å². The summed E-state index contributed by atoms with van der Waals surface area (Å²) in [7, 11) is -1.62. The van der Waals surface area contributed by atoms with Crippen molar-refractivity contribution in [2.24, 2.45) is 5.10 Å². The van der Waals surface area contributed by atoms with Crippen molar-refractivity contribution in [2.45, 2.75) is 11.3 Å². The van der Waals surface area contributed by atoms with Crippen LogP contribution in [0.5, 0.6) is 0 Å². The Balaban J connectivity index is 2.31. The largest absolute Gasteiger partial charge is 0.383 e.